The first kappa shape index (κ1) is 35.4. The molecular formula is C36H58N4O2. The lowest BCUT2D eigenvalue weighted by atomic mass is 10.1. The first-order valence-electron chi connectivity index (χ1n) is 17.1. The van der Waals surface area contributed by atoms with Crippen LogP contribution in [0.1, 0.15) is 163 Å². The van der Waals surface area contributed by atoms with Crippen LogP contribution >= 0.6 is 0 Å². The topological polar surface area (TPSA) is 84.0 Å². The van der Waals surface area contributed by atoms with E-state index in [0.717, 1.165) is 25.7 Å². The summed E-state index contributed by atoms with van der Waals surface area (Å²) in [4.78, 5) is 34.3. The van der Waals surface area contributed by atoms with Crippen LogP contribution in [0.25, 0.3) is 11.4 Å². The van der Waals surface area contributed by atoms with Crippen molar-refractivity contribution in [2.45, 2.75) is 142 Å². The van der Waals surface area contributed by atoms with Crippen molar-refractivity contribution in [2.24, 2.45) is 0 Å². The molecule has 2 aromatic rings. The number of nitrogens with one attached hydrogen (secondary N) is 2. The minimum absolute atomic E-state index is 0.0973. The fourth-order valence-corrected chi connectivity index (χ4v) is 5.26. The molecule has 0 aliphatic rings. The molecule has 0 spiro atoms. The number of unbranched alkanes of at least 4 members (excludes halogenated alkanes) is 18. The molecule has 0 saturated carbocycles. The Labute approximate surface area is 256 Å². The molecule has 2 aromatic heterocycles. The number of pyridine rings is 2. The molecular weight excluding hydrogens is 520 g/mol. The summed E-state index contributed by atoms with van der Waals surface area (Å²) in [5.41, 5.74) is 2.30. The van der Waals surface area contributed by atoms with Gasteiger partial charge in [-0.1, -0.05) is 129 Å². The van der Waals surface area contributed by atoms with Gasteiger partial charge in [-0.3, -0.25) is 19.6 Å². The second-order valence-electron chi connectivity index (χ2n) is 11.7. The molecule has 2 rings (SSSR count). The van der Waals surface area contributed by atoms with Gasteiger partial charge in [0.15, 0.2) is 0 Å². The number of rotatable bonds is 25. The highest BCUT2D eigenvalue weighted by Gasteiger charge is 2.11. The van der Waals surface area contributed by atoms with Crippen molar-refractivity contribution in [1.82, 2.24) is 20.6 Å². The number of nitrogens with zero attached hydrogens (tertiary/aromatic N) is 2. The van der Waals surface area contributed by atoms with Crippen LogP contribution < -0.4 is 10.6 Å². The van der Waals surface area contributed by atoms with Gasteiger partial charge in [-0.2, -0.15) is 0 Å². The maximum Gasteiger partial charge on any atom is 0.251 e. The van der Waals surface area contributed by atoms with Gasteiger partial charge in [0, 0.05) is 36.6 Å². The first-order valence-corrected chi connectivity index (χ1v) is 17.1. The Balaban J connectivity index is 1.66. The molecule has 6 nitrogen and oxygen atoms in total. The SMILES string of the molecule is CCCCCCCCCCCCNC(=O)c1ccnc(-c2cc(C(=O)NCCCCCCCCCCCC)ccn2)c1. The zero-order valence-electron chi connectivity index (χ0n) is 26.7. The molecule has 0 aromatic carbocycles. The van der Waals surface area contributed by atoms with Crippen LogP contribution in [0.3, 0.4) is 0 Å². The second-order valence-corrected chi connectivity index (χ2v) is 11.7. The fourth-order valence-electron chi connectivity index (χ4n) is 5.26. The Kier molecular flexibility index (Phi) is 20.1. The van der Waals surface area contributed by atoms with Crippen LogP contribution in [0.4, 0.5) is 0 Å². The van der Waals surface area contributed by atoms with Gasteiger partial charge < -0.3 is 10.6 Å². The zero-order valence-corrected chi connectivity index (χ0v) is 26.7. The first-order chi connectivity index (χ1) is 20.7. The third-order valence-corrected chi connectivity index (χ3v) is 7.94. The number of carbonyl (C=O) groups is 2. The minimum Gasteiger partial charge on any atom is -0.352 e. The highest BCUT2D eigenvalue weighted by Crippen LogP contribution is 2.17. The summed E-state index contributed by atoms with van der Waals surface area (Å²) in [5.74, 6) is -0.195. The number of hydrogen-bond donors (Lipinski definition) is 2. The summed E-state index contributed by atoms with van der Waals surface area (Å²) in [6.07, 6.45) is 28.7. The lowest BCUT2D eigenvalue weighted by Gasteiger charge is -2.08. The second kappa shape index (κ2) is 23.8. The minimum atomic E-state index is -0.0973. The maximum atomic E-state index is 12.7. The summed E-state index contributed by atoms with van der Waals surface area (Å²) in [5, 5.41) is 6.07. The van der Waals surface area contributed by atoms with E-state index in [1.807, 2.05) is 0 Å². The normalized spacial score (nSPS) is 11.0. The van der Waals surface area contributed by atoms with Crippen LogP contribution in [0, 0.1) is 0 Å². The summed E-state index contributed by atoms with van der Waals surface area (Å²) in [6.45, 7) is 5.87. The van der Waals surface area contributed by atoms with Gasteiger partial charge in [-0.25, -0.2) is 0 Å². The number of aromatic nitrogens is 2. The molecule has 0 unspecified atom stereocenters. The molecule has 234 valence electrons. The maximum absolute atomic E-state index is 12.7. The summed E-state index contributed by atoms with van der Waals surface area (Å²) in [7, 11) is 0. The zero-order chi connectivity index (χ0) is 30.1. The molecule has 2 N–H and O–H groups in total. The average molecular weight is 579 g/mol. The van der Waals surface area contributed by atoms with Crippen molar-refractivity contribution in [3.05, 3.63) is 47.8 Å². The lowest BCUT2D eigenvalue weighted by Crippen LogP contribution is -2.24. The molecule has 42 heavy (non-hydrogen) atoms. The van der Waals surface area contributed by atoms with Gasteiger partial charge in [0.2, 0.25) is 0 Å². The molecule has 0 bridgehead atoms. The molecule has 0 atom stereocenters. The van der Waals surface area contributed by atoms with Crippen LogP contribution in [0.2, 0.25) is 0 Å². The van der Waals surface area contributed by atoms with E-state index in [9.17, 15) is 9.59 Å². The monoisotopic (exact) mass is 578 g/mol. The molecule has 0 saturated heterocycles. The number of carbonyl (C=O) groups excluding carboxylic acids is 2. The molecule has 2 heterocycles. The summed E-state index contributed by atoms with van der Waals surface area (Å²) < 4.78 is 0. The largest absolute Gasteiger partial charge is 0.352 e. The molecule has 0 radical (unpaired) electrons. The Bertz CT molecular complexity index is 914. The van der Waals surface area contributed by atoms with Crippen molar-refractivity contribution in [1.29, 1.82) is 0 Å². The van der Waals surface area contributed by atoms with E-state index in [2.05, 4.69) is 34.4 Å². The number of amides is 2. The van der Waals surface area contributed by atoms with E-state index < -0.39 is 0 Å². The Morgan fingerprint density at radius 1 is 0.500 bits per heavy atom. The smallest absolute Gasteiger partial charge is 0.251 e. The van der Waals surface area contributed by atoms with Gasteiger partial charge in [0.1, 0.15) is 0 Å². The standard InChI is InChI=1S/C36H58N4O2/c1-3-5-7-9-11-13-15-17-19-21-25-39-35(41)31-23-27-37-33(29-31)34-30-32(24-28-38-34)36(42)40-26-22-20-18-16-14-12-10-8-6-4-2/h23-24,27-30H,3-22,25-26H2,1-2H3,(H,39,41)(H,40,42). The van der Waals surface area contributed by atoms with Gasteiger partial charge in [0.25, 0.3) is 11.8 Å². The third kappa shape index (κ3) is 16.0. The Morgan fingerprint density at radius 3 is 1.14 bits per heavy atom. The average Bonchev–Trinajstić information content (AvgIpc) is 3.02. The van der Waals surface area contributed by atoms with Crippen LogP contribution in [0.15, 0.2) is 36.7 Å². The predicted molar refractivity (Wildman–Crippen MR) is 176 cm³/mol. The van der Waals surface area contributed by atoms with E-state index in [4.69, 9.17) is 0 Å². The van der Waals surface area contributed by atoms with Crippen LogP contribution in [-0.2, 0) is 0 Å². The van der Waals surface area contributed by atoms with Gasteiger partial charge in [0.05, 0.1) is 11.4 Å². The van der Waals surface area contributed by atoms with Crippen LogP contribution in [-0.4, -0.2) is 34.9 Å². The van der Waals surface area contributed by atoms with Crippen molar-refractivity contribution < 1.29 is 9.59 Å². The van der Waals surface area contributed by atoms with Crippen molar-refractivity contribution >= 4 is 11.8 Å². The summed E-state index contributed by atoms with van der Waals surface area (Å²) in [6, 6.07) is 6.95. The molecule has 0 fully saturated rings. The van der Waals surface area contributed by atoms with Crippen molar-refractivity contribution in [3.8, 4) is 11.4 Å². The van der Waals surface area contributed by atoms with Gasteiger partial charge in [-0.05, 0) is 37.1 Å². The van der Waals surface area contributed by atoms with E-state index in [1.54, 1.807) is 36.7 Å². The van der Waals surface area contributed by atoms with E-state index in [-0.39, 0.29) is 11.8 Å². The third-order valence-electron chi connectivity index (χ3n) is 7.94. The molecule has 6 heteroatoms. The van der Waals surface area contributed by atoms with E-state index in [1.165, 1.54) is 103 Å². The summed E-state index contributed by atoms with van der Waals surface area (Å²) >= 11 is 0. The highest BCUT2D eigenvalue weighted by atomic mass is 16.2. The molecule has 0 aliphatic carbocycles. The Morgan fingerprint density at radius 2 is 0.810 bits per heavy atom. The van der Waals surface area contributed by atoms with Crippen LogP contribution in [0.5, 0.6) is 0 Å². The van der Waals surface area contributed by atoms with E-state index in [0.29, 0.717) is 35.6 Å². The van der Waals surface area contributed by atoms with Gasteiger partial charge >= 0.3 is 0 Å². The van der Waals surface area contributed by atoms with Crippen molar-refractivity contribution in [2.75, 3.05) is 13.1 Å². The highest BCUT2D eigenvalue weighted by molar-refractivity contribution is 5.96. The van der Waals surface area contributed by atoms with E-state index >= 15 is 0 Å². The number of hydrogen-bond acceptors (Lipinski definition) is 4. The van der Waals surface area contributed by atoms with Gasteiger partial charge in [-0.15, -0.1) is 0 Å². The lowest BCUT2D eigenvalue weighted by molar-refractivity contribution is 0.0944. The predicted octanol–water partition coefficient (Wildman–Crippen LogP) is 9.45. The fraction of sp³-hybridized carbons (Fsp3) is 0.667. The molecule has 2 amide bonds. The Hall–Kier alpha value is -2.76. The van der Waals surface area contributed by atoms with Crippen molar-refractivity contribution in [3.63, 3.8) is 0 Å². The molecule has 0 aliphatic heterocycles. The quantitative estimate of drug-likeness (QED) is 0.115.